The molecule has 17 heavy (non-hydrogen) atoms. The van der Waals surface area contributed by atoms with Crippen molar-refractivity contribution in [2.45, 2.75) is 19.9 Å². The van der Waals surface area contributed by atoms with Crippen molar-refractivity contribution in [3.63, 3.8) is 0 Å². The zero-order valence-electron chi connectivity index (χ0n) is 9.31. The first-order valence-electron chi connectivity index (χ1n) is 4.81. The molecule has 0 saturated heterocycles. The zero-order chi connectivity index (χ0) is 13.0. The summed E-state index contributed by atoms with van der Waals surface area (Å²) in [5.41, 5.74) is 0. The van der Waals surface area contributed by atoms with Crippen molar-refractivity contribution < 1.29 is 19.5 Å². The maximum atomic E-state index is 11.6. The number of thiophene rings is 1. The zero-order valence-corrected chi connectivity index (χ0v) is 10.1. The second kappa shape index (κ2) is 5.44. The van der Waals surface area contributed by atoms with Crippen molar-refractivity contribution in [1.82, 2.24) is 5.32 Å². The van der Waals surface area contributed by atoms with E-state index in [0.29, 0.717) is 9.88 Å². The normalized spacial score (nSPS) is 11.6. The van der Waals surface area contributed by atoms with Crippen LogP contribution in [-0.2, 0) is 9.59 Å². The lowest BCUT2D eigenvalue weighted by molar-refractivity contribution is -0.138. The molecule has 2 amide bonds. The van der Waals surface area contributed by atoms with Crippen LogP contribution in [0, 0.1) is 0 Å². The first kappa shape index (κ1) is 13.2. The highest BCUT2D eigenvalue weighted by atomic mass is 32.1. The Bertz CT molecular complexity index is 455. The first-order chi connectivity index (χ1) is 7.90. The minimum atomic E-state index is -1.10. The van der Waals surface area contributed by atoms with E-state index in [1.807, 2.05) is 0 Å². The minimum absolute atomic E-state index is 0.224. The molecule has 92 valence electrons. The molecular weight excluding hydrogens is 244 g/mol. The van der Waals surface area contributed by atoms with E-state index >= 15 is 0 Å². The van der Waals surface area contributed by atoms with Gasteiger partial charge in [0.1, 0.15) is 6.04 Å². The van der Waals surface area contributed by atoms with Crippen molar-refractivity contribution in [1.29, 1.82) is 0 Å². The van der Waals surface area contributed by atoms with Gasteiger partial charge in [-0.1, -0.05) is 0 Å². The highest BCUT2D eigenvalue weighted by Gasteiger charge is 2.16. The summed E-state index contributed by atoms with van der Waals surface area (Å²) in [6, 6.07) is 2.17. The molecule has 0 aliphatic rings. The van der Waals surface area contributed by atoms with Gasteiger partial charge < -0.3 is 15.7 Å². The van der Waals surface area contributed by atoms with E-state index in [4.69, 9.17) is 5.11 Å². The van der Waals surface area contributed by atoms with Gasteiger partial charge >= 0.3 is 5.97 Å². The van der Waals surface area contributed by atoms with Crippen LogP contribution in [0.3, 0.4) is 0 Å². The SMILES string of the molecule is CC(=O)Nc1ccc(C(=O)N[C@H](C)C(=O)O)s1. The van der Waals surface area contributed by atoms with Gasteiger partial charge in [-0.05, 0) is 19.1 Å². The highest BCUT2D eigenvalue weighted by molar-refractivity contribution is 7.18. The fourth-order valence-electron chi connectivity index (χ4n) is 1.03. The van der Waals surface area contributed by atoms with Crippen molar-refractivity contribution >= 4 is 34.1 Å². The van der Waals surface area contributed by atoms with Gasteiger partial charge in [-0.3, -0.25) is 14.4 Å². The number of anilines is 1. The summed E-state index contributed by atoms with van der Waals surface area (Å²) in [4.78, 5) is 33.3. The van der Waals surface area contributed by atoms with E-state index in [2.05, 4.69) is 10.6 Å². The van der Waals surface area contributed by atoms with Gasteiger partial charge in [0.2, 0.25) is 5.91 Å². The molecule has 0 fully saturated rings. The molecule has 0 spiro atoms. The van der Waals surface area contributed by atoms with Gasteiger partial charge in [0.25, 0.3) is 5.91 Å². The second-order valence-electron chi connectivity index (χ2n) is 3.38. The van der Waals surface area contributed by atoms with E-state index in [-0.39, 0.29) is 5.91 Å². The molecule has 0 aliphatic heterocycles. The number of carboxylic acid groups (broad SMARTS) is 1. The Morgan fingerprint density at radius 2 is 2.00 bits per heavy atom. The Balaban J connectivity index is 2.67. The number of carbonyl (C=O) groups excluding carboxylic acids is 2. The summed E-state index contributed by atoms with van der Waals surface area (Å²) in [5, 5.41) is 14.0. The van der Waals surface area contributed by atoms with E-state index in [1.165, 1.54) is 19.9 Å². The number of carbonyl (C=O) groups is 3. The second-order valence-corrected chi connectivity index (χ2v) is 4.46. The summed E-state index contributed by atoms with van der Waals surface area (Å²) in [7, 11) is 0. The van der Waals surface area contributed by atoms with Gasteiger partial charge in [-0.15, -0.1) is 11.3 Å². The number of carboxylic acids is 1. The third-order valence-corrected chi connectivity index (χ3v) is 2.85. The number of hydrogen-bond donors (Lipinski definition) is 3. The largest absolute Gasteiger partial charge is 0.480 e. The van der Waals surface area contributed by atoms with Gasteiger partial charge in [0.15, 0.2) is 0 Å². The summed E-state index contributed by atoms with van der Waals surface area (Å²) >= 11 is 1.09. The van der Waals surface area contributed by atoms with Gasteiger partial charge in [-0.25, -0.2) is 0 Å². The van der Waals surface area contributed by atoms with E-state index in [1.54, 1.807) is 6.07 Å². The Hall–Kier alpha value is -1.89. The van der Waals surface area contributed by atoms with E-state index in [0.717, 1.165) is 11.3 Å². The maximum absolute atomic E-state index is 11.6. The molecule has 6 nitrogen and oxygen atoms in total. The molecule has 0 bridgehead atoms. The smallest absolute Gasteiger partial charge is 0.325 e. The van der Waals surface area contributed by atoms with Crippen LogP contribution < -0.4 is 10.6 Å². The van der Waals surface area contributed by atoms with Crippen LogP contribution in [-0.4, -0.2) is 28.9 Å². The molecule has 7 heteroatoms. The van der Waals surface area contributed by atoms with Crippen molar-refractivity contribution in [3.05, 3.63) is 17.0 Å². The molecule has 0 radical (unpaired) electrons. The van der Waals surface area contributed by atoms with Crippen LogP contribution in [0.5, 0.6) is 0 Å². The van der Waals surface area contributed by atoms with Crippen LogP contribution in [0.2, 0.25) is 0 Å². The summed E-state index contributed by atoms with van der Waals surface area (Å²) < 4.78 is 0. The topological polar surface area (TPSA) is 95.5 Å². The molecule has 1 heterocycles. The average Bonchev–Trinajstić information content (AvgIpc) is 2.64. The number of amides is 2. The minimum Gasteiger partial charge on any atom is -0.480 e. The number of aliphatic carboxylic acids is 1. The van der Waals surface area contributed by atoms with Gasteiger partial charge in [0.05, 0.1) is 9.88 Å². The molecule has 1 atom stereocenters. The lowest BCUT2D eigenvalue weighted by Gasteiger charge is -2.07. The fraction of sp³-hybridized carbons (Fsp3) is 0.300. The fourth-order valence-corrected chi connectivity index (χ4v) is 1.89. The molecule has 0 aromatic carbocycles. The number of hydrogen-bond acceptors (Lipinski definition) is 4. The first-order valence-corrected chi connectivity index (χ1v) is 5.63. The standard InChI is InChI=1S/C10H12N2O4S/c1-5(10(15)16)11-9(14)7-3-4-8(17-7)12-6(2)13/h3-5H,1-2H3,(H,11,14)(H,12,13)(H,15,16)/t5-/m1/s1. The third kappa shape index (κ3) is 3.87. The molecule has 0 unspecified atom stereocenters. The summed E-state index contributed by atoms with van der Waals surface area (Å²) in [6.45, 7) is 2.74. The molecular formula is C10H12N2O4S. The Labute approximate surface area is 102 Å². The van der Waals surface area contributed by atoms with Gasteiger partial charge in [0, 0.05) is 6.92 Å². The number of rotatable bonds is 4. The van der Waals surface area contributed by atoms with Crippen LogP contribution in [0.25, 0.3) is 0 Å². The third-order valence-electron chi connectivity index (χ3n) is 1.85. The van der Waals surface area contributed by atoms with Crippen molar-refractivity contribution in [2.24, 2.45) is 0 Å². The van der Waals surface area contributed by atoms with Crippen LogP contribution in [0.4, 0.5) is 5.00 Å². The van der Waals surface area contributed by atoms with Crippen LogP contribution in [0.1, 0.15) is 23.5 Å². The lowest BCUT2D eigenvalue weighted by atomic mass is 10.3. The van der Waals surface area contributed by atoms with E-state index in [9.17, 15) is 14.4 Å². The van der Waals surface area contributed by atoms with Crippen molar-refractivity contribution in [2.75, 3.05) is 5.32 Å². The Morgan fingerprint density at radius 1 is 1.35 bits per heavy atom. The Morgan fingerprint density at radius 3 is 2.53 bits per heavy atom. The number of nitrogens with one attached hydrogen (secondary N) is 2. The molecule has 1 rings (SSSR count). The molecule has 0 aliphatic carbocycles. The summed E-state index contributed by atoms with van der Waals surface area (Å²) in [5.74, 6) is -1.80. The maximum Gasteiger partial charge on any atom is 0.325 e. The predicted molar refractivity (Wildman–Crippen MR) is 63.2 cm³/mol. The van der Waals surface area contributed by atoms with E-state index < -0.39 is 17.9 Å². The highest BCUT2D eigenvalue weighted by Crippen LogP contribution is 2.21. The molecule has 1 aromatic heterocycles. The molecule has 3 N–H and O–H groups in total. The average molecular weight is 256 g/mol. The van der Waals surface area contributed by atoms with Crippen molar-refractivity contribution in [3.8, 4) is 0 Å². The lowest BCUT2D eigenvalue weighted by Crippen LogP contribution is -2.37. The monoisotopic (exact) mass is 256 g/mol. The van der Waals surface area contributed by atoms with Gasteiger partial charge in [-0.2, -0.15) is 0 Å². The van der Waals surface area contributed by atoms with Crippen LogP contribution in [0.15, 0.2) is 12.1 Å². The predicted octanol–water partition coefficient (Wildman–Crippen LogP) is 0.909. The molecule has 0 saturated carbocycles. The quantitative estimate of drug-likeness (QED) is 0.746. The Kier molecular flexibility index (Phi) is 4.22. The molecule has 1 aromatic rings. The van der Waals surface area contributed by atoms with Crippen LogP contribution >= 0.6 is 11.3 Å². The summed E-state index contributed by atoms with van der Waals surface area (Å²) in [6.07, 6.45) is 0.